The van der Waals surface area contributed by atoms with Crippen LogP contribution in [-0.2, 0) is 13.0 Å². The molecule has 0 radical (unpaired) electrons. The molecule has 1 aliphatic rings. The average Bonchev–Trinajstić information content (AvgIpc) is 2.81. The van der Waals surface area contributed by atoms with E-state index in [0.717, 1.165) is 35.3 Å². The molecule has 0 saturated carbocycles. The first kappa shape index (κ1) is 15.0. The molecule has 0 bridgehead atoms. The van der Waals surface area contributed by atoms with Crippen molar-refractivity contribution in [1.82, 2.24) is 9.97 Å². The van der Waals surface area contributed by atoms with Gasteiger partial charge in [0.25, 0.3) is 0 Å². The summed E-state index contributed by atoms with van der Waals surface area (Å²) in [6.45, 7) is 4.51. The second-order valence-electron chi connectivity index (χ2n) is 5.61. The zero-order chi connectivity index (χ0) is 15.0. The summed E-state index contributed by atoms with van der Waals surface area (Å²) in [5.41, 5.74) is 1.40. The van der Waals surface area contributed by atoms with E-state index in [9.17, 15) is 5.11 Å². The Hall–Kier alpha value is -0.890. The number of aliphatic hydroxyl groups is 1. The van der Waals surface area contributed by atoms with Crippen molar-refractivity contribution in [2.24, 2.45) is 0 Å². The van der Waals surface area contributed by atoms with Crippen LogP contribution in [0.25, 0.3) is 10.2 Å². The Labute approximate surface area is 132 Å². The molecule has 2 aromatic heterocycles. The molecule has 0 amide bonds. The predicted octanol–water partition coefficient (Wildman–Crippen LogP) is 0.777. The average molecular weight is 325 g/mol. The minimum Gasteiger partial charge on any atom is -0.392 e. The summed E-state index contributed by atoms with van der Waals surface area (Å²) < 4.78 is 0. The lowest BCUT2D eigenvalue weighted by Gasteiger charge is -2.19. The third-order valence-corrected chi connectivity index (χ3v) is 5.40. The Balaban J connectivity index is 2.10. The summed E-state index contributed by atoms with van der Waals surface area (Å²) in [7, 11) is 2.24. The predicted molar refractivity (Wildman–Crippen MR) is 88.5 cm³/mol. The fourth-order valence-corrected chi connectivity index (χ4v) is 4.41. The zero-order valence-corrected chi connectivity index (χ0v) is 14.2. The molecule has 7 heteroatoms. The number of thiophene rings is 1. The van der Waals surface area contributed by atoms with Crippen LogP contribution in [0.3, 0.4) is 0 Å². The van der Waals surface area contributed by atoms with Gasteiger partial charge >= 0.3 is 0 Å². The quantitative estimate of drug-likeness (QED) is 0.573. The van der Waals surface area contributed by atoms with Crippen molar-refractivity contribution in [3.8, 4) is 0 Å². The number of quaternary nitrogens is 1. The summed E-state index contributed by atoms with van der Waals surface area (Å²) in [6.07, 6.45) is 2.68. The molecule has 3 N–H and O–H groups in total. The molecular formula is C14H21N4OS2+. The molecule has 1 aliphatic heterocycles. The third kappa shape index (κ3) is 3.01. The Kier molecular flexibility index (Phi) is 4.35. The van der Waals surface area contributed by atoms with Crippen LogP contribution in [0.15, 0.2) is 5.16 Å². The first-order valence-electron chi connectivity index (χ1n) is 7.18. The number of nitrogens with zero attached hydrogens (tertiary/aromatic N) is 2. The molecule has 114 valence electrons. The minimum atomic E-state index is -0.391. The van der Waals surface area contributed by atoms with Crippen LogP contribution in [0.5, 0.6) is 0 Å². The zero-order valence-electron chi connectivity index (χ0n) is 12.6. The summed E-state index contributed by atoms with van der Waals surface area (Å²) in [6, 6.07) is 0. The van der Waals surface area contributed by atoms with E-state index in [1.165, 1.54) is 15.8 Å². The van der Waals surface area contributed by atoms with Gasteiger partial charge in [-0.3, -0.25) is 0 Å². The monoisotopic (exact) mass is 325 g/mol. The van der Waals surface area contributed by atoms with Gasteiger partial charge < -0.3 is 15.3 Å². The van der Waals surface area contributed by atoms with E-state index in [1.807, 2.05) is 6.26 Å². The van der Waals surface area contributed by atoms with Crippen molar-refractivity contribution in [3.63, 3.8) is 0 Å². The second kappa shape index (κ2) is 6.08. The summed E-state index contributed by atoms with van der Waals surface area (Å²) >= 11 is 3.35. The number of aliphatic hydroxyl groups excluding tert-OH is 1. The topological polar surface area (TPSA) is 62.5 Å². The van der Waals surface area contributed by atoms with Gasteiger partial charge in [0.15, 0.2) is 5.16 Å². The number of hydrogen-bond donors (Lipinski definition) is 3. The number of hydrogen-bond acceptors (Lipinski definition) is 6. The normalized spacial score (nSPS) is 19.5. The van der Waals surface area contributed by atoms with E-state index in [-0.39, 0.29) is 0 Å². The number of likely N-dealkylation sites (N-methyl/N-ethyl adjacent to an activating group) is 1. The molecule has 0 fully saturated rings. The second-order valence-corrected chi connectivity index (χ2v) is 7.46. The van der Waals surface area contributed by atoms with Gasteiger partial charge in [0.05, 0.1) is 30.0 Å². The minimum absolute atomic E-state index is 0.391. The van der Waals surface area contributed by atoms with E-state index in [4.69, 9.17) is 0 Å². The molecule has 2 aromatic rings. The van der Waals surface area contributed by atoms with E-state index in [1.54, 1.807) is 34.9 Å². The molecule has 21 heavy (non-hydrogen) atoms. The number of rotatable bonds is 4. The lowest BCUT2D eigenvalue weighted by Crippen LogP contribution is -3.08. The fraction of sp³-hybridized carbons (Fsp3) is 0.571. The van der Waals surface area contributed by atoms with Crippen LogP contribution in [0.4, 0.5) is 5.82 Å². The first-order chi connectivity index (χ1) is 10.1. The van der Waals surface area contributed by atoms with Crippen molar-refractivity contribution >= 4 is 39.1 Å². The SMILES string of the molecule is CSc1nc(NC[C@@H](C)O)c2c3c(sc2n1)C[NH+](C)CC3. The number of fused-ring (bicyclic) bond motifs is 3. The van der Waals surface area contributed by atoms with Crippen molar-refractivity contribution in [1.29, 1.82) is 0 Å². The lowest BCUT2D eigenvalue weighted by molar-refractivity contribution is -0.895. The first-order valence-corrected chi connectivity index (χ1v) is 9.22. The molecule has 3 heterocycles. The van der Waals surface area contributed by atoms with Crippen LogP contribution >= 0.6 is 23.1 Å². The van der Waals surface area contributed by atoms with Gasteiger partial charge in [0.1, 0.15) is 17.2 Å². The van der Waals surface area contributed by atoms with E-state index >= 15 is 0 Å². The fourth-order valence-electron chi connectivity index (χ4n) is 2.66. The van der Waals surface area contributed by atoms with Crippen molar-refractivity contribution in [2.45, 2.75) is 31.1 Å². The number of anilines is 1. The molecule has 3 rings (SSSR count). The largest absolute Gasteiger partial charge is 0.392 e. The molecule has 0 aromatic carbocycles. The molecule has 0 aliphatic carbocycles. The molecule has 5 nitrogen and oxygen atoms in total. The Morgan fingerprint density at radius 2 is 2.29 bits per heavy atom. The van der Waals surface area contributed by atoms with Crippen molar-refractivity contribution in [2.75, 3.05) is 31.7 Å². The standard InChI is InChI=1S/C14H20N4OS2/c1-8(19)6-15-12-11-9-4-5-18(2)7-10(9)21-13(11)17-14(16-12)20-3/h8,19H,4-7H2,1-3H3,(H,15,16,17)/p+1/t8-/m1/s1. The Bertz CT molecular complexity index is 656. The number of nitrogens with one attached hydrogen (secondary N) is 2. The van der Waals surface area contributed by atoms with Crippen LogP contribution in [0, 0.1) is 0 Å². The van der Waals surface area contributed by atoms with Crippen LogP contribution in [-0.4, -0.2) is 47.6 Å². The van der Waals surface area contributed by atoms with Crippen LogP contribution in [0.2, 0.25) is 0 Å². The van der Waals surface area contributed by atoms with Gasteiger partial charge in [-0.2, -0.15) is 0 Å². The molecular weight excluding hydrogens is 304 g/mol. The molecule has 0 saturated heterocycles. The van der Waals surface area contributed by atoms with Crippen molar-refractivity contribution in [3.05, 3.63) is 10.4 Å². The van der Waals surface area contributed by atoms with Crippen molar-refractivity contribution < 1.29 is 10.0 Å². The van der Waals surface area contributed by atoms with Gasteiger partial charge in [-0.15, -0.1) is 11.3 Å². The maximum Gasteiger partial charge on any atom is 0.190 e. The summed E-state index contributed by atoms with van der Waals surface area (Å²) in [4.78, 5) is 13.3. The molecule has 2 atom stereocenters. The Morgan fingerprint density at radius 1 is 1.48 bits per heavy atom. The smallest absolute Gasteiger partial charge is 0.190 e. The van der Waals surface area contributed by atoms with E-state index < -0.39 is 6.10 Å². The maximum atomic E-state index is 9.52. The highest BCUT2D eigenvalue weighted by atomic mass is 32.2. The number of aromatic nitrogens is 2. The van der Waals surface area contributed by atoms with Gasteiger partial charge in [-0.25, -0.2) is 9.97 Å². The summed E-state index contributed by atoms with van der Waals surface area (Å²) in [5.74, 6) is 0.877. The Morgan fingerprint density at radius 3 is 3.00 bits per heavy atom. The highest BCUT2D eigenvalue weighted by molar-refractivity contribution is 7.98. The van der Waals surface area contributed by atoms with Crippen LogP contribution < -0.4 is 10.2 Å². The lowest BCUT2D eigenvalue weighted by atomic mass is 10.1. The maximum absolute atomic E-state index is 9.52. The van der Waals surface area contributed by atoms with Gasteiger partial charge in [0, 0.05) is 13.0 Å². The van der Waals surface area contributed by atoms with E-state index in [2.05, 4.69) is 22.3 Å². The highest BCUT2D eigenvalue weighted by Crippen LogP contribution is 2.36. The van der Waals surface area contributed by atoms with Crippen LogP contribution in [0.1, 0.15) is 17.4 Å². The highest BCUT2D eigenvalue weighted by Gasteiger charge is 2.25. The number of thioether (sulfide) groups is 1. The molecule has 0 spiro atoms. The van der Waals surface area contributed by atoms with Gasteiger partial charge in [0.2, 0.25) is 0 Å². The van der Waals surface area contributed by atoms with Gasteiger partial charge in [-0.1, -0.05) is 11.8 Å². The summed E-state index contributed by atoms with van der Waals surface area (Å²) in [5, 5.41) is 14.8. The van der Waals surface area contributed by atoms with E-state index in [0.29, 0.717) is 6.54 Å². The third-order valence-electron chi connectivity index (χ3n) is 3.73. The molecule has 1 unspecified atom stereocenters. The van der Waals surface area contributed by atoms with Gasteiger partial charge in [-0.05, 0) is 18.7 Å².